The lowest BCUT2D eigenvalue weighted by atomic mass is 10.1. The van der Waals surface area contributed by atoms with Crippen molar-refractivity contribution in [2.45, 2.75) is 6.04 Å². The second-order valence-corrected chi connectivity index (χ2v) is 3.71. The molecule has 0 fully saturated rings. The Morgan fingerprint density at radius 1 is 1.00 bits per heavy atom. The van der Waals surface area contributed by atoms with Crippen LogP contribution in [0.4, 0.5) is 0 Å². The van der Waals surface area contributed by atoms with Gasteiger partial charge >= 0.3 is 0 Å². The third-order valence-electron chi connectivity index (χ3n) is 2.50. The minimum atomic E-state index is -0.213. The van der Waals surface area contributed by atoms with Crippen LogP contribution >= 0.6 is 0 Å². The van der Waals surface area contributed by atoms with Crippen molar-refractivity contribution in [2.75, 3.05) is 0 Å². The minimum absolute atomic E-state index is 0.213. The summed E-state index contributed by atoms with van der Waals surface area (Å²) in [6.45, 7) is 3.70. The summed E-state index contributed by atoms with van der Waals surface area (Å²) in [7, 11) is 0. The van der Waals surface area contributed by atoms with Gasteiger partial charge in [0.1, 0.15) is 11.5 Å². The first-order chi connectivity index (χ1) is 8.31. The van der Waals surface area contributed by atoms with Crippen LogP contribution in [0, 0.1) is 0 Å². The predicted molar refractivity (Wildman–Crippen MR) is 70.1 cm³/mol. The molecular weight excluding hydrogens is 210 g/mol. The highest BCUT2D eigenvalue weighted by atomic mass is 16.5. The van der Waals surface area contributed by atoms with Crippen molar-refractivity contribution in [3.05, 3.63) is 72.8 Å². The molecule has 1 atom stereocenters. The average molecular weight is 225 g/mol. The number of ether oxygens (including phenoxy) is 1. The van der Waals surface area contributed by atoms with E-state index in [1.807, 2.05) is 54.6 Å². The van der Waals surface area contributed by atoms with Crippen LogP contribution in [0.25, 0.3) is 0 Å². The Balaban J connectivity index is 2.30. The third-order valence-corrected chi connectivity index (χ3v) is 2.50. The molecule has 2 nitrogen and oxygen atoms in total. The third kappa shape index (κ3) is 2.74. The summed E-state index contributed by atoms with van der Waals surface area (Å²) >= 11 is 0. The molecule has 0 aliphatic rings. The standard InChI is InChI=1S/C15H15NO/c1-2-14(16)13-10-6-7-11-15(13)17-12-8-4-3-5-9-12/h2-11,14H,1,16H2. The summed E-state index contributed by atoms with van der Waals surface area (Å²) in [4.78, 5) is 0. The summed E-state index contributed by atoms with van der Waals surface area (Å²) < 4.78 is 5.80. The lowest BCUT2D eigenvalue weighted by molar-refractivity contribution is 0.474. The Labute approximate surface area is 101 Å². The molecule has 2 heteroatoms. The van der Waals surface area contributed by atoms with Crippen molar-refractivity contribution in [3.8, 4) is 11.5 Å². The van der Waals surface area contributed by atoms with Crippen molar-refractivity contribution < 1.29 is 4.74 Å². The Bertz CT molecular complexity index is 493. The number of hydrogen-bond donors (Lipinski definition) is 1. The Morgan fingerprint density at radius 2 is 1.65 bits per heavy atom. The highest BCUT2D eigenvalue weighted by molar-refractivity contribution is 5.40. The molecule has 0 spiro atoms. The van der Waals surface area contributed by atoms with Gasteiger partial charge in [-0.25, -0.2) is 0 Å². The van der Waals surface area contributed by atoms with E-state index in [0.717, 1.165) is 17.1 Å². The van der Waals surface area contributed by atoms with Gasteiger partial charge in [-0.15, -0.1) is 6.58 Å². The molecule has 0 amide bonds. The smallest absolute Gasteiger partial charge is 0.132 e. The average Bonchev–Trinajstić information content (AvgIpc) is 2.40. The van der Waals surface area contributed by atoms with Gasteiger partial charge in [-0.05, 0) is 18.2 Å². The minimum Gasteiger partial charge on any atom is -0.457 e. The number of hydrogen-bond acceptors (Lipinski definition) is 2. The van der Waals surface area contributed by atoms with Crippen molar-refractivity contribution in [2.24, 2.45) is 5.73 Å². The van der Waals surface area contributed by atoms with Gasteiger partial charge in [-0.3, -0.25) is 0 Å². The van der Waals surface area contributed by atoms with E-state index in [-0.39, 0.29) is 6.04 Å². The van der Waals surface area contributed by atoms with Crippen LogP contribution in [0.2, 0.25) is 0 Å². The Hall–Kier alpha value is -2.06. The van der Waals surface area contributed by atoms with Crippen LogP contribution in [0.1, 0.15) is 11.6 Å². The van der Waals surface area contributed by atoms with Gasteiger partial charge in [0.25, 0.3) is 0 Å². The molecule has 0 heterocycles. The molecule has 0 aromatic heterocycles. The molecule has 0 saturated heterocycles. The number of benzene rings is 2. The highest BCUT2D eigenvalue weighted by Crippen LogP contribution is 2.28. The van der Waals surface area contributed by atoms with Crippen molar-refractivity contribution in [3.63, 3.8) is 0 Å². The fraction of sp³-hybridized carbons (Fsp3) is 0.0667. The van der Waals surface area contributed by atoms with Crippen LogP contribution in [0.5, 0.6) is 11.5 Å². The Kier molecular flexibility index (Phi) is 3.58. The maximum absolute atomic E-state index is 5.95. The van der Waals surface area contributed by atoms with E-state index in [1.54, 1.807) is 6.08 Å². The predicted octanol–water partition coefficient (Wildman–Crippen LogP) is 3.66. The summed E-state index contributed by atoms with van der Waals surface area (Å²) in [5, 5.41) is 0. The number of nitrogens with two attached hydrogens (primary N) is 1. The summed E-state index contributed by atoms with van der Waals surface area (Å²) in [6.07, 6.45) is 1.70. The fourth-order valence-corrected chi connectivity index (χ4v) is 1.59. The molecule has 0 aliphatic carbocycles. The van der Waals surface area contributed by atoms with Crippen LogP contribution in [-0.4, -0.2) is 0 Å². The fourth-order valence-electron chi connectivity index (χ4n) is 1.59. The number of rotatable bonds is 4. The van der Waals surface area contributed by atoms with Crippen LogP contribution < -0.4 is 10.5 Å². The van der Waals surface area contributed by atoms with Crippen LogP contribution in [-0.2, 0) is 0 Å². The van der Waals surface area contributed by atoms with E-state index in [4.69, 9.17) is 10.5 Å². The molecule has 17 heavy (non-hydrogen) atoms. The van der Waals surface area contributed by atoms with Gasteiger partial charge in [0, 0.05) is 5.56 Å². The van der Waals surface area contributed by atoms with Gasteiger partial charge in [0.15, 0.2) is 0 Å². The van der Waals surface area contributed by atoms with Crippen LogP contribution in [0.3, 0.4) is 0 Å². The molecule has 2 rings (SSSR count). The van der Waals surface area contributed by atoms with Crippen molar-refractivity contribution in [1.82, 2.24) is 0 Å². The van der Waals surface area contributed by atoms with Gasteiger partial charge < -0.3 is 10.5 Å². The molecule has 1 unspecified atom stereocenters. The largest absolute Gasteiger partial charge is 0.457 e. The Morgan fingerprint density at radius 3 is 2.35 bits per heavy atom. The van der Waals surface area contributed by atoms with Gasteiger partial charge in [-0.1, -0.05) is 42.5 Å². The normalized spacial score (nSPS) is 11.8. The van der Waals surface area contributed by atoms with Crippen molar-refractivity contribution >= 4 is 0 Å². The molecule has 2 aromatic rings. The van der Waals surface area contributed by atoms with E-state index in [0.29, 0.717) is 0 Å². The van der Waals surface area contributed by atoms with Gasteiger partial charge in [0.2, 0.25) is 0 Å². The van der Waals surface area contributed by atoms with E-state index in [1.165, 1.54) is 0 Å². The van der Waals surface area contributed by atoms with Gasteiger partial charge in [-0.2, -0.15) is 0 Å². The number of para-hydroxylation sites is 2. The van der Waals surface area contributed by atoms with Crippen LogP contribution in [0.15, 0.2) is 67.3 Å². The van der Waals surface area contributed by atoms with E-state index >= 15 is 0 Å². The monoisotopic (exact) mass is 225 g/mol. The lowest BCUT2D eigenvalue weighted by Gasteiger charge is -2.13. The lowest BCUT2D eigenvalue weighted by Crippen LogP contribution is -2.07. The molecule has 0 radical (unpaired) electrons. The van der Waals surface area contributed by atoms with Crippen molar-refractivity contribution in [1.29, 1.82) is 0 Å². The molecule has 0 bridgehead atoms. The first-order valence-corrected chi connectivity index (χ1v) is 5.51. The molecule has 2 N–H and O–H groups in total. The zero-order chi connectivity index (χ0) is 12.1. The molecule has 2 aromatic carbocycles. The quantitative estimate of drug-likeness (QED) is 0.806. The van der Waals surface area contributed by atoms with E-state index in [9.17, 15) is 0 Å². The van der Waals surface area contributed by atoms with E-state index in [2.05, 4.69) is 6.58 Å². The summed E-state index contributed by atoms with van der Waals surface area (Å²) in [5.74, 6) is 1.57. The molecule has 86 valence electrons. The second-order valence-electron chi connectivity index (χ2n) is 3.71. The van der Waals surface area contributed by atoms with Gasteiger partial charge in [0.05, 0.1) is 6.04 Å². The highest BCUT2D eigenvalue weighted by Gasteiger charge is 2.08. The molecule has 0 aliphatic heterocycles. The zero-order valence-electron chi connectivity index (χ0n) is 9.54. The maximum atomic E-state index is 5.95. The SMILES string of the molecule is C=CC(N)c1ccccc1Oc1ccccc1. The second kappa shape index (κ2) is 5.32. The topological polar surface area (TPSA) is 35.2 Å². The molecule has 0 saturated carbocycles. The van der Waals surface area contributed by atoms with E-state index < -0.39 is 0 Å². The first-order valence-electron chi connectivity index (χ1n) is 5.51. The zero-order valence-corrected chi connectivity index (χ0v) is 9.54. The maximum Gasteiger partial charge on any atom is 0.132 e. The summed E-state index contributed by atoms with van der Waals surface area (Å²) in [6, 6.07) is 17.2. The molecular formula is C15H15NO. The first kappa shape index (κ1) is 11.4. The summed E-state index contributed by atoms with van der Waals surface area (Å²) in [5.41, 5.74) is 6.89.